The Morgan fingerprint density at radius 1 is 1.28 bits per heavy atom. The van der Waals surface area contributed by atoms with Crippen molar-refractivity contribution in [2.75, 3.05) is 32.5 Å². The fourth-order valence-corrected chi connectivity index (χ4v) is 3.44. The number of hydrogen-bond donors (Lipinski definition) is 2. The third-order valence-electron chi connectivity index (χ3n) is 4.31. The van der Waals surface area contributed by atoms with Crippen LogP contribution in [0.5, 0.6) is 5.75 Å². The predicted molar refractivity (Wildman–Crippen MR) is 97.5 cm³/mol. The summed E-state index contributed by atoms with van der Waals surface area (Å²) < 4.78 is 28.3. The second-order valence-corrected chi connectivity index (χ2v) is 8.58. The van der Waals surface area contributed by atoms with Gasteiger partial charge in [0.15, 0.2) is 9.84 Å². The molecule has 2 N–H and O–H groups in total. The smallest absolute Gasteiger partial charge is 0.220 e. The summed E-state index contributed by atoms with van der Waals surface area (Å²) in [5.41, 5.74) is 0. The molecule has 0 radical (unpaired) electrons. The number of nitrogens with one attached hydrogen (secondary N) is 2. The third-order valence-corrected chi connectivity index (χ3v) is 5.43. The summed E-state index contributed by atoms with van der Waals surface area (Å²) in [6.07, 6.45) is 5.61. The van der Waals surface area contributed by atoms with Crippen molar-refractivity contribution >= 4 is 15.7 Å². The van der Waals surface area contributed by atoms with Crippen molar-refractivity contribution in [2.24, 2.45) is 5.92 Å². The Morgan fingerprint density at radius 2 is 2.04 bits per heavy atom. The van der Waals surface area contributed by atoms with Gasteiger partial charge in [0.25, 0.3) is 0 Å². The molecule has 140 valence electrons. The molecular formula is C18H28N2O4S. The lowest BCUT2D eigenvalue weighted by Crippen LogP contribution is -2.38. The van der Waals surface area contributed by atoms with Gasteiger partial charge in [-0.15, -0.1) is 0 Å². The van der Waals surface area contributed by atoms with Crippen molar-refractivity contribution in [1.29, 1.82) is 0 Å². The quantitative estimate of drug-likeness (QED) is 0.649. The van der Waals surface area contributed by atoms with Crippen molar-refractivity contribution in [3.8, 4) is 5.75 Å². The van der Waals surface area contributed by atoms with Crippen LogP contribution in [-0.2, 0) is 14.6 Å². The zero-order valence-electron chi connectivity index (χ0n) is 14.8. The minimum atomic E-state index is -3.18. The standard InChI is InChI=1S/C18H28N2O4S/c1-25(22,23)17-9-7-16(8-10-17)24-12-3-2-6-18(21)20-14-15-5-4-11-19-13-15/h7-10,15,19H,2-6,11-14H2,1H3,(H,20,21). The van der Waals surface area contributed by atoms with Crippen LogP contribution in [0.2, 0.25) is 0 Å². The topological polar surface area (TPSA) is 84.5 Å². The predicted octanol–water partition coefficient (Wildman–Crippen LogP) is 1.75. The lowest BCUT2D eigenvalue weighted by atomic mass is 10.00. The van der Waals surface area contributed by atoms with Crippen LogP contribution in [0.15, 0.2) is 29.2 Å². The van der Waals surface area contributed by atoms with Gasteiger partial charge in [-0.1, -0.05) is 0 Å². The van der Waals surface area contributed by atoms with Gasteiger partial charge in [0.2, 0.25) is 5.91 Å². The molecule has 0 aromatic heterocycles. The summed E-state index contributed by atoms with van der Waals surface area (Å²) in [4.78, 5) is 12.1. The van der Waals surface area contributed by atoms with Crippen LogP contribution >= 0.6 is 0 Å². The van der Waals surface area contributed by atoms with E-state index in [2.05, 4.69) is 10.6 Å². The van der Waals surface area contributed by atoms with E-state index in [0.29, 0.717) is 24.7 Å². The Morgan fingerprint density at radius 3 is 2.68 bits per heavy atom. The number of rotatable bonds is 9. The maximum absolute atomic E-state index is 11.8. The molecule has 1 heterocycles. The van der Waals surface area contributed by atoms with E-state index in [1.165, 1.54) is 31.2 Å². The fraction of sp³-hybridized carbons (Fsp3) is 0.611. The highest BCUT2D eigenvalue weighted by Crippen LogP contribution is 2.16. The first kappa shape index (κ1) is 19.7. The Hall–Kier alpha value is -1.60. The van der Waals surface area contributed by atoms with Crippen LogP contribution in [0.3, 0.4) is 0 Å². The molecule has 0 saturated carbocycles. The van der Waals surface area contributed by atoms with Crippen LogP contribution in [0.25, 0.3) is 0 Å². The van der Waals surface area contributed by atoms with Crippen LogP contribution in [-0.4, -0.2) is 46.8 Å². The first-order valence-electron chi connectivity index (χ1n) is 8.85. The fourth-order valence-electron chi connectivity index (χ4n) is 2.81. The first-order valence-corrected chi connectivity index (χ1v) is 10.7. The molecule has 1 aromatic carbocycles. The number of unbranched alkanes of at least 4 members (excludes halogenated alkanes) is 1. The molecule has 1 aromatic rings. The van der Waals surface area contributed by atoms with Crippen LogP contribution < -0.4 is 15.4 Å². The molecule has 0 bridgehead atoms. The molecule has 7 heteroatoms. The zero-order chi connectivity index (χ0) is 18.1. The number of carbonyl (C=O) groups is 1. The van der Waals surface area contributed by atoms with E-state index >= 15 is 0 Å². The van der Waals surface area contributed by atoms with Gasteiger partial charge >= 0.3 is 0 Å². The largest absolute Gasteiger partial charge is 0.494 e. The van der Waals surface area contributed by atoms with Gasteiger partial charge in [-0.05, 0) is 69.0 Å². The average molecular weight is 368 g/mol. The average Bonchev–Trinajstić information content (AvgIpc) is 2.60. The van der Waals surface area contributed by atoms with Gasteiger partial charge < -0.3 is 15.4 Å². The summed E-state index contributed by atoms with van der Waals surface area (Å²) >= 11 is 0. The molecular weight excluding hydrogens is 340 g/mol. The molecule has 25 heavy (non-hydrogen) atoms. The van der Waals surface area contributed by atoms with E-state index in [0.717, 1.165) is 32.5 Å². The van der Waals surface area contributed by atoms with Crippen molar-refractivity contribution < 1.29 is 17.9 Å². The maximum Gasteiger partial charge on any atom is 0.220 e. The molecule has 2 rings (SSSR count). The van der Waals surface area contributed by atoms with Crippen LogP contribution in [0.1, 0.15) is 32.1 Å². The minimum Gasteiger partial charge on any atom is -0.494 e. The number of piperidine rings is 1. The second-order valence-electron chi connectivity index (χ2n) is 6.57. The molecule has 1 aliphatic heterocycles. The highest BCUT2D eigenvalue weighted by Gasteiger charge is 2.13. The monoisotopic (exact) mass is 368 g/mol. The van der Waals surface area contributed by atoms with Gasteiger partial charge in [0.1, 0.15) is 5.75 Å². The lowest BCUT2D eigenvalue weighted by molar-refractivity contribution is -0.121. The number of hydrogen-bond acceptors (Lipinski definition) is 5. The van der Waals surface area contributed by atoms with E-state index in [-0.39, 0.29) is 10.8 Å². The number of ether oxygens (including phenoxy) is 1. The lowest BCUT2D eigenvalue weighted by Gasteiger charge is -2.22. The zero-order valence-corrected chi connectivity index (χ0v) is 15.6. The number of benzene rings is 1. The summed E-state index contributed by atoms with van der Waals surface area (Å²) in [5, 5.41) is 6.35. The van der Waals surface area contributed by atoms with Crippen molar-refractivity contribution in [2.45, 2.75) is 37.0 Å². The summed E-state index contributed by atoms with van der Waals surface area (Å²) in [6, 6.07) is 6.39. The summed E-state index contributed by atoms with van der Waals surface area (Å²) in [7, 11) is -3.18. The maximum atomic E-state index is 11.8. The van der Waals surface area contributed by atoms with E-state index < -0.39 is 9.84 Å². The molecule has 1 aliphatic rings. The highest BCUT2D eigenvalue weighted by atomic mass is 32.2. The first-order chi connectivity index (χ1) is 11.9. The van der Waals surface area contributed by atoms with Gasteiger partial charge in [-0.2, -0.15) is 0 Å². The molecule has 6 nitrogen and oxygen atoms in total. The van der Waals surface area contributed by atoms with Crippen molar-refractivity contribution in [3.05, 3.63) is 24.3 Å². The third kappa shape index (κ3) is 7.44. The molecule has 1 atom stereocenters. The van der Waals surface area contributed by atoms with E-state index in [9.17, 15) is 13.2 Å². The van der Waals surface area contributed by atoms with Gasteiger partial charge in [0.05, 0.1) is 11.5 Å². The van der Waals surface area contributed by atoms with E-state index in [4.69, 9.17) is 4.74 Å². The Kier molecular flexibility index (Phi) is 7.71. The normalized spacial score (nSPS) is 17.9. The van der Waals surface area contributed by atoms with E-state index in [1.807, 2.05) is 0 Å². The van der Waals surface area contributed by atoms with Crippen LogP contribution in [0, 0.1) is 5.92 Å². The van der Waals surface area contributed by atoms with Gasteiger partial charge in [0, 0.05) is 19.2 Å². The van der Waals surface area contributed by atoms with E-state index in [1.54, 1.807) is 12.1 Å². The molecule has 0 aliphatic carbocycles. The number of amides is 1. The molecule has 1 amide bonds. The van der Waals surface area contributed by atoms with Crippen molar-refractivity contribution in [3.63, 3.8) is 0 Å². The summed E-state index contributed by atoms with van der Waals surface area (Å²) in [6.45, 7) is 3.35. The van der Waals surface area contributed by atoms with Gasteiger partial charge in [-0.3, -0.25) is 4.79 Å². The molecule has 1 unspecified atom stereocenters. The Balaban J connectivity index is 1.56. The SMILES string of the molecule is CS(=O)(=O)c1ccc(OCCCCC(=O)NCC2CCCNC2)cc1. The second kappa shape index (κ2) is 9.77. The number of carbonyl (C=O) groups excluding carboxylic acids is 1. The van der Waals surface area contributed by atoms with Gasteiger partial charge in [-0.25, -0.2) is 8.42 Å². The molecule has 1 fully saturated rings. The highest BCUT2D eigenvalue weighted by molar-refractivity contribution is 7.90. The number of sulfone groups is 1. The summed E-state index contributed by atoms with van der Waals surface area (Å²) in [5.74, 6) is 1.29. The van der Waals surface area contributed by atoms with Crippen molar-refractivity contribution in [1.82, 2.24) is 10.6 Å². The Labute approximate surface area is 150 Å². The minimum absolute atomic E-state index is 0.100. The Bertz CT molecular complexity index is 638. The van der Waals surface area contributed by atoms with Crippen LogP contribution in [0.4, 0.5) is 0 Å². The molecule has 1 saturated heterocycles. The molecule has 0 spiro atoms.